The fourth-order valence-corrected chi connectivity index (χ4v) is 1.39. The van der Waals surface area contributed by atoms with Crippen LogP contribution in [0.2, 0.25) is 0 Å². The van der Waals surface area contributed by atoms with Gasteiger partial charge in [-0.2, -0.15) is 0 Å². The van der Waals surface area contributed by atoms with Crippen LogP contribution in [0.5, 0.6) is 0 Å². The quantitative estimate of drug-likeness (QED) is 0.798. The first-order valence-electron chi connectivity index (χ1n) is 4.22. The molecule has 14 heavy (non-hydrogen) atoms. The van der Waals surface area contributed by atoms with Gasteiger partial charge in [0, 0.05) is 5.38 Å². The number of nitrogens with zero attached hydrogens (tertiary/aromatic N) is 1. The van der Waals surface area contributed by atoms with Crippen molar-refractivity contribution in [1.82, 2.24) is 10.3 Å². The van der Waals surface area contributed by atoms with Crippen molar-refractivity contribution >= 4 is 22.6 Å². The zero-order valence-corrected chi connectivity index (χ0v) is 8.93. The molecule has 1 rings (SSSR count). The molecule has 5 nitrogen and oxygen atoms in total. The minimum absolute atomic E-state index is 0.115. The summed E-state index contributed by atoms with van der Waals surface area (Å²) in [6, 6.07) is 0. The number of anilines is 1. The van der Waals surface area contributed by atoms with Crippen molar-refractivity contribution in [2.45, 2.75) is 26.5 Å². The fraction of sp³-hybridized carbons (Fsp3) is 0.500. The molecule has 1 amide bonds. The van der Waals surface area contributed by atoms with Gasteiger partial charge in [-0.25, -0.2) is 9.78 Å². The molecule has 0 aliphatic rings. The molecule has 6 heteroatoms. The maximum atomic E-state index is 11.0. The normalized spacial score (nSPS) is 10.2. The lowest BCUT2D eigenvalue weighted by molar-refractivity contribution is 0.115. The summed E-state index contributed by atoms with van der Waals surface area (Å²) >= 11 is 1.34. The molecule has 0 fully saturated rings. The Kier molecular flexibility index (Phi) is 3.70. The average Bonchev–Trinajstić information content (AvgIpc) is 2.47. The van der Waals surface area contributed by atoms with Crippen molar-refractivity contribution in [3.63, 3.8) is 0 Å². The Morgan fingerprint density at radius 3 is 3.00 bits per heavy atom. The van der Waals surface area contributed by atoms with Crippen LogP contribution in [0.1, 0.15) is 19.5 Å². The number of rotatable bonds is 3. The second-order valence-corrected chi connectivity index (χ2v) is 3.87. The lowest BCUT2D eigenvalue weighted by Crippen LogP contribution is -2.26. The number of alkyl carbamates (subject to hydrolysis) is 1. The molecular formula is C8H13N3O2S. The van der Waals surface area contributed by atoms with Gasteiger partial charge in [-0.05, 0) is 13.8 Å². The van der Waals surface area contributed by atoms with E-state index >= 15 is 0 Å². The number of aromatic nitrogens is 1. The van der Waals surface area contributed by atoms with Gasteiger partial charge < -0.3 is 15.8 Å². The molecule has 0 radical (unpaired) electrons. The van der Waals surface area contributed by atoms with Gasteiger partial charge in [-0.1, -0.05) is 0 Å². The Balaban J connectivity index is 2.30. The topological polar surface area (TPSA) is 77.2 Å². The molecule has 0 aromatic carbocycles. The molecule has 0 bridgehead atoms. The van der Waals surface area contributed by atoms with Crippen molar-refractivity contribution in [3.8, 4) is 0 Å². The number of nitrogen functional groups attached to an aromatic ring is 1. The summed E-state index contributed by atoms with van der Waals surface area (Å²) in [5, 5.41) is 4.87. The molecule has 1 heterocycles. The van der Waals surface area contributed by atoms with E-state index in [1.54, 1.807) is 19.2 Å². The Bertz CT molecular complexity index is 311. The first-order valence-corrected chi connectivity index (χ1v) is 5.10. The number of carbonyl (C=O) groups is 1. The van der Waals surface area contributed by atoms with E-state index < -0.39 is 6.09 Å². The number of thiazole rings is 1. The lowest BCUT2D eigenvalue weighted by atomic mass is 10.5. The smallest absolute Gasteiger partial charge is 0.407 e. The standard InChI is InChI=1S/C8H13N3O2S/c1-5(2)13-8(12)10-3-6-4-14-7(9)11-6/h4-5H,3H2,1-2H3,(H2,9,11)(H,10,12). The van der Waals surface area contributed by atoms with E-state index in [-0.39, 0.29) is 6.10 Å². The van der Waals surface area contributed by atoms with E-state index in [0.717, 1.165) is 5.69 Å². The van der Waals surface area contributed by atoms with E-state index in [1.165, 1.54) is 11.3 Å². The van der Waals surface area contributed by atoms with Gasteiger partial charge in [0.1, 0.15) is 0 Å². The van der Waals surface area contributed by atoms with Gasteiger partial charge >= 0.3 is 6.09 Å². The molecule has 78 valence electrons. The molecule has 3 N–H and O–H groups in total. The minimum Gasteiger partial charge on any atom is -0.447 e. The van der Waals surface area contributed by atoms with Crippen LogP contribution in [0.4, 0.5) is 9.93 Å². The first-order chi connectivity index (χ1) is 6.58. The molecule has 0 atom stereocenters. The van der Waals surface area contributed by atoms with Crippen molar-refractivity contribution in [2.24, 2.45) is 0 Å². The highest BCUT2D eigenvalue weighted by molar-refractivity contribution is 7.13. The molecule has 0 aliphatic carbocycles. The molecule has 0 unspecified atom stereocenters. The van der Waals surface area contributed by atoms with Crippen LogP contribution in [0.3, 0.4) is 0 Å². The van der Waals surface area contributed by atoms with Crippen LogP contribution in [-0.4, -0.2) is 17.2 Å². The van der Waals surface area contributed by atoms with Crippen molar-refractivity contribution in [3.05, 3.63) is 11.1 Å². The summed E-state index contributed by atoms with van der Waals surface area (Å²) in [4.78, 5) is 15.0. The van der Waals surface area contributed by atoms with E-state index in [9.17, 15) is 4.79 Å². The maximum absolute atomic E-state index is 11.0. The first kappa shape index (κ1) is 10.8. The third kappa shape index (κ3) is 3.61. The molecule has 0 spiro atoms. The molecule has 0 saturated carbocycles. The van der Waals surface area contributed by atoms with Gasteiger partial charge in [0.2, 0.25) is 0 Å². The number of carbonyl (C=O) groups excluding carboxylic acids is 1. The van der Waals surface area contributed by atoms with Crippen LogP contribution in [0, 0.1) is 0 Å². The second kappa shape index (κ2) is 4.80. The van der Waals surface area contributed by atoms with Crippen molar-refractivity contribution in [1.29, 1.82) is 0 Å². The lowest BCUT2D eigenvalue weighted by Gasteiger charge is -2.07. The van der Waals surface area contributed by atoms with Crippen LogP contribution < -0.4 is 11.1 Å². The summed E-state index contributed by atoms with van der Waals surface area (Å²) < 4.78 is 4.87. The summed E-state index contributed by atoms with van der Waals surface area (Å²) in [7, 11) is 0. The van der Waals surface area contributed by atoms with E-state index in [1.807, 2.05) is 0 Å². The van der Waals surface area contributed by atoms with Gasteiger partial charge in [-0.3, -0.25) is 0 Å². The number of amides is 1. The SMILES string of the molecule is CC(C)OC(=O)NCc1csc(N)n1. The predicted molar refractivity (Wildman–Crippen MR) is 55.0 cm³/mol. The van der Waals surface area contributed by atoms with Crippen LogP contribution in [0.25, 0.3) is 0 Å². The van der Waals surface area contributed by atoms with E-state index in [2.05, 4.69) is 10.3 Å². The average molecular weight is 215 g/mol. The Hall–Kier alpha value is -1.30. The zero-order chi connectivity index (χ0) is 10.6. The van der Waals surface area contributed by atoms with Gasteiger partial charge in [0.25, 0.3) is 0 Å². The Morgan fingerprint density at radius 1 is 1.79 bits per heavy atom. The molecule has 1 aromatic heterocycles. The summed E-state index contributed by atoms with van der Waals surface area (Å²) in [6.45, 7) is 3.93. The highest BCUT2D eigenvalue weighted by Gasteiger charge is 2.05. The van der Waals surface area contributed by atoms with Gasteiger partial charge in [-0.15, -0.1) is 11.3 Å². The number of nitrogens with one attached hydrogen (secondary N) is 1. The molecular weight excluding hydrogens is 202 g/mol. The number of nitrogens with two attached hydrogens (primary N) is 1. The Morgan fingerprint density at radius 2 is 2.50 bits per heavy atom. The third-order valence-electron chi connectivity index (χ3n) is 1.33. The number of hydrogen-bond acceptors (Lipinski definition) is 5. The zero-order valence-electron chi connectivity index (χ0n) is 8.11. The Labute approximate surface area is 86.3 Å². The summed E-state index contributed by atoms with van der Waals surface area (Å²) in [6.07, 6.45) is -0.554. The van der Waals surface area contributed by atoms with Crippen molar-refractivity contribution in [2.75, 3.05) is 5.73 Å². The molecule has 0 saturated heterocycles. The maximum Gasteiger partial charge on any atom is 0.407 e. The van der Waals surface area contributed by atoms with Gasteiger partial charge in [0.15, 0.2) is 5.13 Å². The van der Waals surface area contributed by atoms with Crippen LogP contribution >= 0.6 is 11.3 Å². The van der Waals surface area contributed by atoms with E-state index in [4.69, 9.17) is 10.5 Å². The monoisotopic (exact) mass is 215 g/mol. The third-order valence-corrected chi connectivity index (χ3v) is 2.05. The van der Waals surface area contributed by atoms with E-state index in [0.29, 0.717) is 11.7 Å². The number of hydrogen-bond donors (Lipinski definition) is 2. The molecule has 1 aromatic rings. The summed E-state index contributed by atoms with van der Waals surface area (Å²) in [5.41, 5.74) is 6.17. The van der Waals surface area contributed by atoms with Crippen LogP contribution in [-0.2, 0) is 11.3 Å². The highest BCUT2D eigenvalue weighted by atomic mass is 32.1. The second-order valence-electron chi connectivity index (χ2n) is 2.98. The predicted octanol–water partition coefficient (Wildman–Crippen LogP) is 1.36. The minimum atomic E-state index is -0.438. The molecule has 0 aliphatic heterocycles. The van der Waals surface area contributed by atoms with Crippen LogP contribution in [0.15, 0.2) is 5.38 Å². The summed E-state index contributed by atoms with van der Waals surface area (Å²) in [5.74, 6) is 0. The van der Waals surface area contributed by atoms with Crippen molar-refractivity contribution < 1.29 is 9.53 Å². The largest absolute Gasteiger partial charge is 0.447 e. The van der Waals surface area contributed by atoms with Gasteiger partial charge in [0.05, 0.1) is 18.3 Å². The number of ether oxygens (including phenoxy) is 1. The fourth-order valence-electron chi connectivity index (χ4n) is 0.822. The highest BCUT2D eigenvalue weighted by Crippen LogP contribution is 2.10.